The van der Waals surface area contributed by atoms with E-state index in [2.05, 4.69) is 15.2 Å². The molecule has 2 aromatic rings. The van der Waals surface area contributed by atoms with Crippen molar-refractivity contribution in [2.45, 2.75) is 19.4 Å². The molecule has 6 heteroatoms. The van der Waals surface area contributed by atoms with Gasteiger partial charge >= 0.3 is 0 Å². The van der Waals surface area contributed by atoms with E-state index in [1.54, 1.807) is 28.1 Å². The van der Waals surface area contributed by atoms with Crippen LogP contribution in [0.15, 0.2) is 18.7 Å². The maximum absolute atomic E-state index is 5.63. The molecule has 0 atom stereocenters. The Balaban J connectivity index is 2.42. The molecule has 0 unspecified atom stereocenters. The Kier molecular flexibility index (Phi) is 1.99. The predicted molar refractivity (Wildman–Crippen MR) is 56.1 cm³/mol. The molecule has 0 spiro atoms. The van der Waals surface area contributed by atoms with Crippen LogP contribution in [-0.4, -0.2) is 24.5 Å². The van der Waals surface area contributed by atoms with E-state index < -0.39 is 5.54 Å². The number of hydrogen-bond donors (Lipinski definition) is 1. The first-order valence-electron chi connectivity index (χ1n) is 4.67. The van der Waals surface area contributed by atoms with Crippen molar-refractivity contribution in [3.8, 4) is 0 Å². The summed E-state index contributed by atoms with van der Waals surface area (Å²) in [6, 6.07) is 0. The van der Waals surface area contributed by atoms with Crippen LogP contribution in [0.5, 0.6) is 0 Å². The minimum absolute atomic E-state index is 0.390. The summed E-state index contributed by atoms with van der Waals surface area (Å²) in [5.41, 5.74) is 5.88. The number of rotatable bonds is 2. The van der Waals surface area contributed by atoms with Gasteiger partial charge in [0.25, 0.3) is 0 Å². The molecule has 0 radical (unpaired) electrons. The molecule has 0 aliphatic carbocycles. The largest absolute Gasteiger partial charge is 0.396 e. The van der Waals surface area contributed by atoms with Gasteiger partial charge in [-0.25, -0.2) is 4.98 Å². The van der Waals surface area contributed by atoms with Gasteiger partial charge in [0.05, 0.1) is 11.9 Å². The lowest BCUT2D eigenvalue weighted by molar-refractivity contribution is 0.367. The van der Waals surface area contributed by atoms with Crippen LogP contribution in [-0.2, 0) is 12.6 Å². The van der Waals surface area contributed by atoms with Crippen LogP contribution in [0.2, 0.25) is 0 Å². The molecule has 2 N–H and O–H groups in total. The molecule has 0 saturated heterocycles. The van der Waals surface area contributed by atoms with E-state index in [9.17, 15) is 0 Å². The van der Waals surface area contributed by atoms with Crippen LogP contribution >= 0.6 is 0 Å². The Labute approximate surface area is 87.7 Å². The Morgan fingerprint density at radius 1 is 1.40 bits per heavy atom. The lowest BCUT2D eigenvalue weighted by Gasteiger charge is -2.21. The number of aromatic nitrogens is 5. The Hall–Kier alpha value is -1.85. The first kappa shape index (κ1) is 9.70. The number of aryl methyl sites for hydroxylation is 1. The topological polar surface area (TPSA) is 74.5 Å². The quantitative estimate of drug-likeness (QED) is 0.770. The second-order valence-corrected chi connectivity index (χ2v) is 4.02. The molecular weight excluding hydrogens is 192 g/mol. The Bertz CT molecular complexity index is 424. The van der Waals surface area contributed by atoms with Gasteiger partial charge in [-0.2, -0.15) is 10.2 Å². The van der Waals surface area contributed by atoms with Crippen LogP contribution in [0.25, 0.3) is 0 Å². The molecule has 6 nitrogen and oxygen atoms in total. The smallest absolute Gasteiger partial charge is 0.177 e. The Morgan fingerprint density at radius 2 is 2.13 bits per heavy atom. The van der Waals surface area contributed by atoms with Crippen molar-refractivity contribution in [2.24, 2.45) is 7.05 Å². The van der Waals surface area contributed by atoms with E-state index in [0.717, 1.165) is 0 Å². The second kappa shape index (κ2) is 3.08. The van der Waals surface area contributed by atoms with Gasteiger partial charge < -0.3 is 5.73 Å². The molecule has 2 heterocycles. The average Bonchev–Trinajstić information content (AvgIpc) is 2.74. The molecule has 0 fully saturated rings. The summed E-state index contributed by atoms with van der Waals surface area (Å²) in [6.07, 6.45) is 5.06. The molecular formula is C9H14N6. The van der Waals surface area contributed by atoms with E-state index in [1.807, 2.05) is 20.9 Å². The second-order valence-electron chi connectivity index (χ2n) is 4.02. The molecule has 0 aliphatic rings. The number of nitrogen functional groups attached to an aromatic ring is 1. The average molecular weight is 206 g/mol. The lowest BCUT2D eigenvalue weighted by Crippen LogP contribution is -2.29. The number of anilines is 1. The highest BCUT2D eigenvalue weighted by Gasteiger charge is 2.27. The van der Waals surface area contributed by atoms with Gasteiger partial charge in [0.2, 0.25) is 0 Å². The summed E-state index contributed by atoms with van der Waals surface area (Å²) >= 11 is 0. The minimum Gasteiger partial charge on any atom is -0.396 e. The minimum atomic E-state index is -0.390. The van der Waals surface area contributed by atoms with Crippen molar-refractivity contribution in [1.29, 1.82) is 0 Å². The summed E-state index contributed by atoms with van der Waals surface area (Å²) in [5, 5.41) is 8.45. The van der Waals surface area contributed by atoms with Crippen molar-refractivity contribution in [3.63, 3.8) is 0 Å². The van der Waals surface area contributed by atoms with Crippen molar-refractivity contribution >= 4 is 5.69 Å². The molecule has 0 amide bonds. The predicted octanol–water partition coefficient (Wildman–Crippen LogP) is 0.377. The summed E-state index contributed by atoms with van der Waals surface area (Å²) < 4.78 is 3.43. The van der Waals surface area contributed by atoms with E-state index in [0.29, 0.717) is 11.5 Å². The summed E-state index contributed by atoms with van der Waals surface area (Å²) in [6.45, 7) is 3.99. The molecule has 0 aromatic carbocycles. The highest BCUT2D eigenvalue weighted by atomic mass is 15.4. The zero-order valence-corrected chi connectivity index (χ0v) is 9.05. The maximum atomic E-state index is 5.63. The van der Waals surface area contributed by atoms with Crippen molar-refractivity contribution in [1.82, 2.24) is 24.5 Å². The fraction of sp³-hybridized carbons (Fsp3) is 0.444. The highest BCUT2D eigenvalue weighted by Crippen LogP contribution is 2.21. The fourth-order valence-electron chi connectivity index (χ4n) is 1.36. The summed E-state index contributed by atoms with van der Waals surface area (Å²) in [4.78, 5) is 4.22. The van der Waals surface area contributed by atoms with Crippen LogP contribution in [0.3, 0.4) is 0 Å². The molecule has 0 bridgehead atoms. The number of nitrogens with two attached hydrogens (primary N) is 1. The first-order chi connectivity index (χ1) is 7.00. The van der Waals surface area contributed by atoms with Crippen LogP contribution in [0.1, 0.15) is 19.7 Å². The molecule has 0 aliphatic heterocycles. The van der Waals surface area contributed by atoms with Gasteiger partial charge in [0, 0.05) is 13.2 Å². The van der Waals surface area contributed by atoms with Crippen LogP contribution in [0, 0.1) is 0 Å². The molecule has 15 heavy (non-hydrogen) atoms. The molecule has 2 rings (SSSR count). The fourth-order valence-corrected chi connectivity index (χ4v) is 1.36. The third kappa shape index (κ3) is 1.58. The zero-order valence-electron chi connectivity index (χ0n) is 9.05. The Morgan fingerprint density at radius 3 is 2.60 bits per heavy atom. The number of hydrogen-bond acceptors (Lipinski definition) is 4. The summed E-state index contributed by atoms with van der Waals surface area (Å²) in [7, 11) is 1.84. The van der Waals surface area contributed by atoms with Gasteiger partial charge in [0.1, 0.15) is 11.9 Å². The zero-order chi connectivity index (χ0) is 11.1. The molecule has 80 valence electrons. The highest BCUT2D eigenvalue weighted by molar-refractivity contribution is 5.31. The van der Waals surface area contributed by atoms with Crippen molar-refractivity contribution in [3.05, 3.63) is 24.5 Å². The summed E-state index contributed by atoms with van der Waals surface area (Å²) in [5.74, 6) is 0.716. The van der Waals surface area contributed by atoms with E-state index in [4.69, 9.17) is 5.73 Å². The lowest BCUT2D eigenvalue weighted by atomic mass is 10.1. The molecule has 0 saturated carbocycles. The van der Waals surface area contributed by atoms with Gasteiger partial charge in [-0.3, -0.25) is 9.36 Å². The third-order valence-electron chi connectivity index (χ3n) is 2.32. The monoisotopic (exact) mass is 206 g/mol. The standard InChI is InChI=1S/C9H14N6/c1-9(2,8-11-6-14(3)13-8)15-5-7(10)4-12-15/h4-6H,10H2,1-3H3. The maximum Gasteiger partial charge on any atom is 0.177 e. The third-order valence-corrected chi connectivity index (χ3v) is 2.32. The van der Waals surface area contributed by atoms with Crippen LogP contribution < -0.4 is 5.73 Å². The normalized spacial score (nSPS) is 11.9. The van der Waals surface area contributed by atoms with Crippen molar-refractivity contribution in [2.75, 3.05) is 5.73 Å². The molecule has 2 aromatic heterocycles. The first-order valence-corrected chi connectivity index (χ1v) is 4.67. The van der Waals surface area contributed by atoms with Crippen molar-refractivity contribution < 1.29 is 0 Å². The van der Waals surface area contributed by atoms with E-state index in [-0.39, 0.29) is 0 Å². The van der Waals surface area contributed by atoms with Gasteiger partial charge in [-0.15, -0.1) is 0 Å². The van der Waals surface area contributed by atoms with E-state index >= 15 is 0 Å². The van der Waals surface area contributed by atoms with Gasteiger partial charge in [-0.1, -0.05) is 0 Å². The number of nitrogens with zero attached hydrogens (tertiary/aromatic N) is 5. The SMILES string of the molecule is Cn1cnc(C(C)(C)n2cc(N)cn2)n1. The van der Waals surface area contributed by atoms with Crippen LogP contribution in [0.4, 0.5) is 5.69 Å². The van der Waals surface area contributed by atoms with E-state index in [1.165, 1.54) is 0 Å². The van der Waals surface area contributed by atoms with Gasteiger partial charge in [-0.05, 0) is 13.8 Å². The van der Waals surface area contributed by atoms with Gasteiger partial charge in [0.15, 0.2) is 5.82 Å².